The largest absolute Gasteiger partial charge is 0.435 e. The molecule has 0 aliphatic heterocycles. The van der Waals surface area contributed by atoms with E-state index in [1.165, 1.54) is 10.9 Å². The minimum atomic E-state index is -4.37. The van der Waals surface area contributed by atoms with Gasteiger partial charge in [0.25, 0.3) is 0 Å². The Morgan fingerprint density at radius 2 is 1.79 bits per heavy atom. The van der Waals surface area contributed by atoms with Gasteiger partial charge in [0, 0.05) is 12.7 Å². The SMILES string of the molecule is CCCC(CS)(CCC)Cn1ccc(C(F)(F)F)n1. The molecule has 0 atom stereocenters. The lowest BCUT2D eigenvalue weighted by atomic mass is 9.81. The molecule has 0 aliphatic rings. The molecule has 1 aromatic rings. The Morgan fingerprint density at radius 1 is 1.21 bits per heavy atom. The van der Waals surface area contributed by atoms with Crippen molar-refractivity contribution < 1.29 is 13.2 Å². The number of alkyl halides is 3. The maximum atomic E-state index is 12.5. The number of hydrogen-bond donors (Lipinski definition) is 1. The molecule has 0 bridgehead atoms. The topological polar surface area (TPSA) is 17.8 Å². The van der Waals surface area contributed by atoms with Crippen molar-refractivity contribution in [2.45, 2.75) is 52.3 Å². The highest BCUT2D eigenvalue weighted by Gasteiger charge is 2.34. The Labute approximate surface area is 117 Å². The summed E-state index contributed by atoms with van der Waals surface area (Å²) in [4.78, 5) is 0. The minimum Gasteiger partial charge on any atom is -0.272 e. The number of rotatable bonds is 7. The zero-order valence-corrected chi connectivity index (χ0v) is 12.3. The molecule has 0 N–H and O–H groups in total. The molecule has 1 aromatic heterocycles. The van der Waals surface area contributed by atoms with E-state index in [1.807, 2.05) is 0 Å². The number of aromatic nitrogens is 2. The number of hydrogen-bond acceptors (Lipinski definition) is 2. The zero-order valence-electron chi connectivity index (χ0n) is 11.4. The van der Waals surface area contributed by atoms with Gasteiger partial charge in [-0.3, -0.25) is 4.68 Å². The molecule has 19 heavy (non-hydrogen) atoms. The average Bonchev–Trinajstić information content (AvgIpc) is 2.77. The third kappa shape index (κ3) is 4.44. The van der Waals surface area contributed by atoms with Crippen LogP contribution in [0.5, 0.6) is 0 Å². The second-order valence-corrected chi connectivity index (χ2v) is 5.37. The molecule has 0 saturated carbocycles. The van der Waals surface area contributed by atoms with E-state index < -0.39 is 11.9 Å². The molecule has 0 fully saturated rings. The molecule has 0 spiro atoms. The van der Waals surface area contributed by atoms with Gasteiger partial charge in [-0.1, -0.05) is 26.7 Å². The fourth-order valence-electron chi connectivity index (χ4n) is 2.50. The van der Waals surface area contributed by atoms with Crippen molar-refractivity contribution >= 4 is 12.6 Å². The zero-order chi connectivity index (χ0) is 14.5. The summed E-state index contributed by atoms with van der Waals surface area (Å²) in [7, 11) is 0. The molecular weight excluding hydrogens is 273 g/mol. The first kappa shape index (κ1) is 16.4. The molecule has 1 rings (SSSR count). The van der Waals surface area contributed by atoms with E-state index in [2.05, 4.69) is 31.6 Å². The van der Waals surface area contributed by atoms with E-state index in [9.17, 15) is 13.2 Å². The third-order valence-corrected chi connectivity index (χ3v) is 4.00. The third-order valence-electron chi connectivity index (χ3n) is 3.32. The Morgan fingerprint density at radius 3 is 2.16 bits per heavy atom. The summed E-state index contributed by atoms with van der Waals surface area (Å²) in [5.41, 5.74) is -0.893. The van der Waals surface area contributed by atoms with Crippen molar-refractivity contribution in [2.24, 2.45) is 5.41 Å². The molecule has 0 aliphatic carbocycles. The molecule has 2 nitrogen and oxygen atoms in total. The first-order chi connectivity index (χ1) is 8.87. The summed E-state index contributed by atoms with van der Waals surface area (Å²) in [5.74, 6) is 0.663. The Hall–Kier alpha value is -0.650. The molecule has 0 saturated heterocycles. The van der Waals surface area contributed by atoms with Gasteiger partial charge in [-0.2, -0.15) is 30.9 Å². The van der Waals surface area contributed by atoms with Gasteiger partial charge in [0.15, 0.2) is 5.69 Å². The number of nitrogens with zero attached hydrogens (tertiary/aromatic N) is 2. The number of thiol groups is 1. The van der Waals surface area contributed by atoms with Crippen LogP contribution in [0, 0.1) is 5.41 Å². The summed E-state index contributed by atoms with van der Waals surface area (Å²) in [6.07, 6.45) is 0.926. The number of halogens is 3. The molecule has 1 heterocycles. The lowest BCUT2D eigenvalue weighted by Crippen LogP contribution is -2.29. The van der Waals surface area contributed by atoms with E-state index >= 15 is 0 Å². The van der Waals surface area contributed by atoms with E-state index in [1.54, 1.807) is 0 Å². The van der Waals surface area contributed by atoms with E-state index in [0.29, 0.717) is 12.3 Å². The van der Waals surface area contributed by atoms with Crippen molar-refractivity contribution in [1.82, 2.24) is 9.78 Å². The van der Waals surface area contributed by atoms with Crippen molar-refractivity contribution in [1.29, 1.82) is 0 Å². The lowest BCUT2D eigenvalue weighted by Gasteiger charge is -2.31. The molecular formula is C13H21F3N2S. The van der Waals surface area contributed by atoms with Gasteiger partial charge < -0.3 is 0 Å². The van der Waals surface area contributed by atoms with Crippen LogP contribution in [-0.2, 0) is 12.7 Å². The Balaban J connectivity index is 2.87. The van der Waals surface area contributed by atoms with Crippen LogP contribution in [0.4, 0.5) is 13.2 Å². The smallest absolute Gasteiger partial charge is 0.272 e. The van der Waals surface area contributed by atoms with Crippen LogP contribution >= 0.6 is 12.6 Å². The van der Waals surface area contributed by atoms with Crippen LogP contribution in [-0.4, -0.2) is 15.5 Å². The van der Waals surface area contributed by atoms with Crippen LogP contribution in [0.1, 0.15) is 45.2 Å². The standard InChI is InChI=1S/C13H21F3N2S/c1-3-6-12(10-19,7-4-2)9-18-8-5-11(17-18)13(14,15)16/h5,8,19H,3-4,6-7,9-10H2,1-2H3. The first-order valence-electron chi connectivity index (χ1n) is 6.58. The summed E-state index contributed by atoms with van der Waals surface area (Å²) in [6.45, 7) is 4.66. The monoisotopic (exact) mass is 294 g/mol. The summed E-state index contributed by atoms with van der Waals surface area (Å²) in [5, 5.41) is 3.64. The predicted octanol–water partition coefficient (Wildman–Crippen LogP) is 4.42. The van der Waals surface area contributed by atoms with Gasteiger partial charge in [0.05, 0.1) is 0 Å². The Kier molecular flexibility index (Phi) is 5.77. The molecule has 110 valence electrons. The molecule has 0 radical (unpaired) electrons. The van der Waals surface area contributed by atoms with Crippen LogP contribution < -0.4 is 0 Å². The maximum absolute atomic E-state index is 12.5. The highest BCUT2D eigenvalue weighted by Crippen LogP contribution is 2.34. The highest BCUT2D eigenvalue weighted by atomic mass is 32.1. The molecule has 0 aromatic carbocycles. The maximum Gasteiger partial charge on any atom is 0.435 e. The van der Waals surface area contributed by atoms with Crippen molar-refractivity contribution in [3.63, 3.8) is 0 Å². The van der Waals surface area contributed by atoms with E-state index in [4.69, 9.17) is 0 Å². The van der Waals surface area contributed by atoms with Gasteiger partial charge in [0.2, 0.25) is 0 Å². The van der Waals surface area contributed by atoms with Gasteiger partial charge in [0.1, 0.15) is 0 Å². The first-order valence-corrected chi connectivity index (χ1v) is 7.21. The summed E-state index contributed by atoms with van der Waals surface area (Å²) >= 11 is 4.40. The van der Waals surface area contributed by atoms with Crippen molar-refractivity contribution in [3.05, 3.63) is 18.0 Å². The fourth-order valence-corrected chi connectivity index (χ4v) is 2.91. The second-order valence-electron chi connectivity index (χ2n) is 5.05. The second kappa shape index (κ2) is 6.68. The van der Waals surface area contributed by atoms with Crippen LogP contribution in [0.15, 0.2) is 12.3 Å². The lowest BCUT2D eigenvalue weighted by molar-refractivity contribution is -0.141. The van der Waals surface area contributed by atoms with Crippen LogP contribution in [0.25, 0.3) is 0 Å². The predicted molar refractivity (Wildman–Crippen MR) is 73.3 cm³/mol. The quantitative estimate of drug-likeness (QED) is 0.737. The van der Waals surface area contributed by atoms with E-state index in [-0.39, 0.29) is 5.41 Å². The van der Waals surface area contributed by atoms with Gasteiger partial charge in [-0.05, 0) is 30.1 Å². The van der Waals surface area contributed by atoms with Crippen molar-refractivity contribution in [2.75, 3.05) is 5.75 Å². The molecule has 6 heteroatoms. The highest BCUT2D eigenvalue weighted by molar-refractivity contribution is 7.80. The minimum absolute atomic E-state index is 0.0680. The summed E-state index contributed by atoms with van der Waals surface area (Å²) < 4.78 is 39.0. The van der Waals surface area contributed by atoms with Crippen molar-refractivity contribution in [3.8, 4) is 0 Å². The molecule has 0 amide bonds. The van der Waals surface area contributed by atoms with Gasteiger partial charge in [-0.15, -0.1) is 0 Å². The fraction of sp³-hybridized carbons (Fsp3) is 0.769. The Bertz CT molecular complexity index is 381. The van der Waals surface area contributed by atoms with E-state index in [0.717, 1.165) is 31.7 Å². The van der Waals surface area contributed by atoms with Gasteiger partial charge in [-0.25, -0.2) is 0 Å². The average molecular weight is 294 g/mol. The van der Waals surface area contributed by atoms with Gasteiger partial charge >= 0.3 is 6.18 Å². The van der Waals surface area contributed by atoms with Crippen LogP contribution in [0.3, 0.4) is 0 Å². The summed E-state index contributed by atoms with van der Waals surface area (Å²) in [6, 6.07) is 1.03. The molecule has 0 unspecified atom stereocenters. The van der Waals surface area contributed by atoms with Crippen LogP contribution in [0.2, 0.25) is 0 Å². The normalized spacial score (nSPS) is 12.9.